The Balaban J connectivity index is 0.705. The number of nitrogens with zero attached hydrogens (tertiary/aromatic N) is 2. The van der Waals surface area contributed by atoms with Crippen molar-refractivity contribution in [2.45, 2.75) is 62.2 Å². The second-order valence-corrected chi connectivity index (χ2v) is 23.1. The lowest BCUT2D eigenvalue weighted by atomic mass is 9.74. The van der Waals surface area contributed by atoms with E-state index in [-0.39, 0.29) is 10.8 Å². The van der Waals surface area contributed by atoms with Crippen LogP contribution in [0.2, 0.25) is 0 Å². The van der Waals surface area contributed by atoms with Gasteiger partial charge in [-0.05, 0) is 164 Å². The second kappa shape index (κ2) is 16.8. The molecular formula is C76H56N2. The molecule has 0 saturated heterocycles. The van der Waals surface area contributed by atoms with Crippen molar-refractivity contribution in [3.63, 3.8) is 0 Å². The minimum atomic E-state index is 0.0580. The number of hydrogen-bond acceptors (Lipinski definition) is 0. The van der Waals surface area contributed by atoms with E-state index in [1.807, 2.05) is 0 Å². The molecule has 78 heavy (non-hydrogen) atoms. The van der Waals surface area contributed by atoms with Crippen LogP contribution in [0.4, 0.5) is 0 Å². The fourth-order valence-electron chi connectivity index (χ4n) is 15.7. The standard InChI is InChI=1S/C76H56N2/c1-3-19-55-53(15-1)17-13-25-69(55)77-71-23-7-5-21-59(71)63-43-49(33-37-73(63)77)27-29-51-31-35-57-61-47-68-62(48-67(61)75(65(57)45-51)39-9-10-40-75)58-36-32-52(46-66(58)76(68)41-11-12-42-76)30-28-50-34-38-74-64(44-50)60-22-6-8-24-72(60)78(74)70-26-14-18-54-16-2-4-20-56(54)70/h1-8,13-38,43-48H,9-12,39-42H2. The molecule has 13 aromatic rings. The van der Waals surface area contributed by atoms with Crippen LogP contribution in [0.25, 0.3) is 123 Å². The lowest BCUT2D eigenvalue weighted by molar-refractivity contribution is 0.543. The highest BCUT2D eigenvalue weighted by Gasteiger charge is 2.50. The zero-order valence-electron chi connectivity index (χ0n) is 43.6. The first-order chi connectivity index (χ1) is 38.6. The largest absolute Gasteiger partial charge is 0.309 e. The van der Waals surface area contributed by atoms with Crippen molar-refractivity contribution in [2.75, 3.05) is 0 Å². The van der Waals surface area contributed by atoms with Gasteiger partial charge >= 0.3 is 0 Å². The van der Waals surface area contributed by atoms with E-state index in [1.165, 1.54) is 172 Å². The van der Waals surface area contributed by atoms with E-state index >= 15 is 0 Å². The normalized spacial score (nSPS) is 15.9. The Bertz CT molecular complexity index is 4430. The molecule has 11 aromatic carbocycles. The second-order valence-electron chi connectivity index (χ2n) is 23.1. The van der Waals surface area contributed by atoms with Crippen LogP contribution in [-0.2, 0) is 10.8 Å². The van der Waals surface area contributed by atoms with Crippen molar-refractivity contribution in [1.29, 1.82) is 0 Å². The van der Waals surface area contributed by atoms with Crippen LogP contribution in [-0.4, -0.2) is 9.13 Å². The van der Waals surface area contributed by atoms with Gasteiger partial charge in [-0.25, -0.2) is 0 Å². The molecule has 0 aliphatic heterocycles. The van der Waals surface area contributed by atoms with E-state index in [0.29, 0.717) is 0 Å². The lowest BCUT2D eigenvalue weighted by Crippen LogP contribution is -2.22. The van der Waals surface area contributed by atoms with Crippen LogP contribution in [0.15, 0.2) is 218 Å². The molecule has 0 unspecified atom stereocenters. The Morgan fingerprint density at radius 3 is 1.06 bits per heavy atom. The Morgan fingerprint density at radius 1 is 0.269 bits per heavy atom. The maximum atomic E-state index is 2.70. The van der Waals surface area contributed by atoms with Gasteiger partial charge in [-0.15, -0.1) is 0 Å². The third-order valence-corrected chi connectivity index (χ3v) is 19.1. The number of aromatic nitrogens is 2. The van der Waals surface area contributed by atoms with E-state index in [0.717, 1.165) is 0 Å². The first-order valence-corrected chi connectivity index (χ1v) is 28.5. The Kier molecular flexibility index (Phi) is 9.49. The third-order valence-electron chi connectivity index (χ3n) is 19.1. The molecule has 2 fully saturated rings. The van der Waals surface area contributed by atoms with Crippen LogP contribution in [0, 0.1) is 0 Å². The van der Waals surface area contributed by atoms with Gasteiger partial charge < -0.3 is 9.13 Å². The average molecular weight is 997 g/mol. The summed E-state index contributed by atoms with van der Waals surface area (Å²) in [6.45, 7) is 0. The molecule has 370 valence electrons. The van der Waals surface area contributed by atoms with E-state index in [9.17, 15) is 0 Å². The maximum absolute atomic E-state index is 2.70. The average Bonchev–Trinajstić information content (AvgIpc) is 4.00. The molecule has 2 heteroatoms. The Morgan fingerprint density at radius 2 is 0.615 bits per heavy atom. The molecular weight excluding hydrogens is 941 g/mol. The highest BCUT2D eigenvalue weighted by atomic mass is 15.0. The third kappa shape index (κ3) is 6.32. The first kappa shape index (κ1) is 44.2. The van der Waals surface area contributed by atoms with Crippen molar-refractivity contribution in [3.05, 3.63) is 263 Å². The van der Waals surface area contributed by atoms with Gasteiger partial charge in [-0.3, -0.25) is 0 Å². The number of hydrogen-bond donors (Lipinski definition) is 0. The molecule has 0 amide bonds. The van der Waals surface area contributed by atoms with Crippen molar-refractivity contribution in [3.8, 4) is 33.6 Å². The predicted molar refractivity (Wildman–Crippen MR) is 330 cm³/mol. The van der Waals surface area contributed by atoms with E-state index in [1.54, 1.807) is 22.3 Å². The molecule has 2 nitrogen and oxygen atoms in total. The number of fused-ring (bicyclic) bond motifs is 18. The minimum absolute atomic E-state index is 0.0580. The molecule has 2 aromatic heterocycles. The Labute approximate surface area is 454 Å². The topological polar surface area (TPSA) is 9.86 Å². The highest BCUT2D eigenvalue weighted by molar-refractivity contribution is 6.13. The fraction of sp³-hybridized carbons (Fsp3) is 0.132. The van der Waals surface area contributed by atoms with Crippen molar-refractivity contribution in [2.24, 2.45) is 0 Å². The molecule has 2 heterocycles. The molecule has 2 saturated carbocycles. The number of rotatable bonds is 6. The number of benzene rings is 11. The molecule has 0 N–H and O–H groups in total. The SMILES string of the molecule is C(=Cc1ccc2c(c1)c1ccccc1n2-c1cccc2ccccc12)c1ccc2c(c1)C1(CCCC1)c1cc3c(cc1-2)C1(CCCC1)c1cc(C=Cc2ccc4c(c2)c2ccccc2n4-c2cccc4ccccc24)ccc1-3. The van der Waals surface area contributed by atoms with Crippen molar-refractivity contribution >= 4 is 89.5 Å². The number of para-hydroxylation sites is 2. The van der Waals surface area contributed by atoms with Gasteiger partial charge in [0.1, 0.15) is 0 Å². The summed E-state index contributed by atoms with van der Waals surface area (Å²) in [5, 5.41) is 10.2. The Hall–Kier alpha value is -8.98. The van der Waals surface area contributed by atoms with E-state index in [2.05, 4.69) is 252 Å². The van der Waals surface area contributed by atoms with Crippen LogP contribution in [0.1, 0.15) is 95.9 Å². The van der Waals surface area contributed by atoms with Gasteiger partial charge in [0.15, 0.2) is 0 Å². The van der Waals surface area contributed by atoms with Crippen LogP contribution in [0.3, 0.4) is 0 Å². The zero-order chi connectivity index (χ0) is 51.1. The molecule has 4 aliphatic rings. The van der Waals surface area contributed by atoms with Crippen LogP contribution < -0.4 is 0 Å². The van der Waals surface area contributed by atoms with E-state index in [4.69, 9.17) is 0 Å². The summed E-state index contributed by atoms with van der Waals surface area (Å²) in [6, 6.07) is 82.8. The van der Waals surface area contributed by atoms with Gasteiger partial charge in [0.2, 0.25) is 0 Å². The minimum Gasteiger partial charge on any atom is -0.309 e. The molecule has 17 rings (SSSR count). The first-order valence-electron chi connectivity index (χ1n) is 28.5. The summed E-state index contributed by atoms with van der Waals surface area (Å²) < 4.78 is 4.91. The smallest absolute Gasteiger partial charge is 0.0541 e. The predicted octanol–water partition coefficient (Wildman–Crippen LogP) is 20.2. The summed E-state index contributed by atoms with van der Waals surface area (Å²) in [4.78, 5) is 0. The maximum Gasteiger partial charge on any atom is 0.0541 e. The fourth-order valence-corrected chi connectivity index (χ4v) is 15.7. The summed E-state index contributed by atoms with van der Waals surface area (Å²) in [5.74, 6) is 0. The molecule has 0 atom stereocenters. The quantitative estimate of drug-likeness (QED) is 0.147. The van der Waals surface area contributed by atoms with Crippen molar-refractivity contribution in [1.82, 2.24) is 9.13 Å². The van der Waals surface area contributed by atoms with E-state index < -0.39 is 0 Å². The van der Waals surface area contributed by atoms with Gasteiger partial charge in [0.25, 0.3) is 0 Å². The molecule has 2 spiro atoms. The molecule has 4 aliphatic carbocycles. The van der Waals surface area contributed by atoms with Gasteiger partial charge in [-0.1, -0.05) is 208 Å². The molecule has 0 bridgehead atoms. The van der Waals surface area contributed by atoms with Gasteiger partial charge in [-0.2, -0.15) is 0 Å². The van der Waals surface area contributed by atoms with Gasteiger partial charge in [0.05, 0.1) is 33.4 Å². The van der Waals surface area contributed by atoms with Gasteiger partial charge in [0, 0.05) is 43.1 Å². The summed E-state index contributed by atoms with van der Waals surface area (Å²) in [5.41, 5.74) is 24.6. The summed E-state index contributed by atoms with van der Waals surface area (Å²) in [6.07, 6.45) is 19.3. The molecule has 0 radical (unpaired) electrons. The van der Waals surface area contributed by atoms with Crippen LogP contribution >= 0.6 is 0 Å². The summed E-state index contributed by atoms with van der Waals surface area (Å²) in [7, 11) is 0. The van der Waals surface area contributed by atoms with Crippen molar-refractivity contribution < 1.29 is 0 Å². The lowest BCUT2D eigenvalue weighted by Gasteiger charge is -2.29. The monoisotopic (exact) mass is 996 g/mol. The zero-order valence-corrected chi connectivity index (χ0v) is 43.6. The van der Waals surface area contributed by atoms with Crippen LogP contribution in [0.5, 0.6) is 0 Å². The highest BCUT2D eigenvalue weighted by Crippen LogP contribution is 2.63. The summed E-state index contributed by atoms with van der Waals surface area (Å²) >= 11 is 0.